The summed E-state index contributed by atoms with van der Waals surface area (Å²) in [6, 6.07) is 17.2. The predicted octanol–water partition coefficient (Wildman–Crippen LogP) is 6.36. The zero-order valence-corrected chi connectivity index (χ0v) is 17.7. The van der Waals surface area contributed by atoms with Gasteiger partial charge in [-0.25, -0.2) is 4.98 Å². The molecule has 28 heavy (non-hydrogen) atoms. The van der Waals surface area contributed by atoms with Crippen molar-refractivity contribution in [1.29, 1.82) is 0 Å². The lowest BCUT2D eigenvalue weighted by atomic mass is 10.2. The van der Waals surface area contributed by atoms with Crippen molar-refractivity contribution < 1.29 is 4.74 Å². The summed E-state index contributed by atoms with van der Waals surface area (Å²) in [7, 11) is 0. The fraction of sp³-hybridized carbons (Fsp3) is 0.150. The molecular formula is C20H17Cl4N3O. The third-order valence-electron chi connectivity index (χ3n) is 3.99. The van der Waals surface area contributed by atoms with Crippen LogP contribution in [0.2, 0.25) is 20.4 Å². The third kappa shape index (κ3) is 5.15. The summed E-state index contributed by atoms with van der Waals surface area (Å²) in [6.45, 7) is 1.40. The zero-order chi connectivity index (χ0) is 20.1. The monoisotopic (exact) mass is 455 g/mol. The summed E-state index contributed by atoms with van der Waals surface area (Å²) >= 11 is 25.1. The van der Waals surface area contributed by atoms with Crippen molar-refractivity contribution in [2.24, 2.45) is 0 Å². The van der Waals surface area contributed by atoms with Gasteiger partial charge in [0.05, 0.1) is 12.2 Å². The highest BCUT2D eigenvalue weighted by atomic mass is 35.5. The molecule has 0 bridgehead atoms. The second kappa shape index (κ2) is 9.57. The van der Waals surface area contributed by atoms with Crippen LogP contribution >= 0.6 is 46.4 Å². The van der Waals surface area contributed by atoms with E-state index in [4.69, 9.17) is 56.9 Å². The summed E-state index contributed by atoms with van der Waals surface area (Å²) in [5.74, 6) is 0.683. The highest BCUT2D eigenvalue weighted by Gasteiger charge is 2.21. The van der Waals surface area contributed by atoms with Crippen LogP contribution in [-0.4, -0.2) is 18.1 Å². The number of benzene rings is 2. The van der Waals surface area contributed by atoms with Crippen molar-refractivity contribution in [3.63, 3.8) is 0 Å². The number of nitrogens with zero attached hydrogens (tertiary/aromatic N) is 2. The Morgan fingerprint density at radius 1 is 0.893 bits per heavy atom. The maximum absolute atomic E-state index is 6.41. The Kier molecular flexibility index (Phi) is 7.13. The number of nitrogen functional groups attached to an aromatic ring is 1. The molecule has 0 aliphatic carbocycles. The first kappa shape index (κ1) is 20.9. The number of rotatable bonds is 7. The second-order valence-corrected chi connectivity index (χ2v) is 7.47. The van der Waals surface area contributed by atoms with Crippen LogP contribution in [0.4, 0.5) is 11.4 Å². The number of hydrogen-bond donors (Lipinski definition) is 1. The molecule has 0 aliphatic heterocycles. The largest absolute Gasteiger partial charge is 0.492 e. The maximum atomic E-state index is 6.41. The normalized spacial score (nSPS) is 10.7. The highest BCUT2D eigenvalue weighted by Crippen LogP contribution is 2.41. The number of anilines is 2. The van der Waals surface area contributed by atoms with Crippen LogP contribution in [0.15, 0.2) is 54.6 Å². The fourth-order valence-corrected chi connectivity index (χ4v) is 3.66. The predicted molar refractivity (Wildman–Crippen MR) is 118 cm³/mol. The van der Waals surface area contributed by atoms with Crippen LogP contribution in [0.1, 0.15) is 5.56 Å². The van der Waals surface area contributed by atoms with Crippen LogP contribution in [0, 0.1) is 0 Å². The Hall–Kier alpha value is -1.85. The quantitative estimate of drug-likeness (QED) is 0.331. The summed E-state index contributed by atoms with van der Waals surface area (Å²) < 4.78 is 5.83. The maximum Gasteiger partial charge on any atom is 0.151 e. The van der Waals surface area contributed by atoms with Crippen molar-refractivity contribution in [2.75, 3.05) is 23.8 Å². The van der Waals surface area contributed by atoms with Crippen LogP contribution in [0.3, 0.4) is 0 Å². The van der Waals surface area contributed by atoms with Gasteiger partial charge in [0, 0.05) is 18.3 Å². The average molecular weight is 457 g/mol. The van der Waals surface area contributed by atoms with Gasteiger partial charge in [0.15, 0.2) is 10.3 Å². The Morgan fingerprint density at radius 2 is 1.57 bits per heavy atom. The molecule has 0 fully saturated rings. The molecule has 4 nitrogen and oxygen atoms in total. The minimum atomic E-state index is 0.0980. The van der Waals surface area contributed by atoms with Crippen LogP contribution < -0.4 is 15.4 Å². The van der Waals surface area contributed by atoms with Crippen LogP contribution in [0.25, 0.3) is 0 Å². The van der Waals surface area contributed by atoms with Crippen molar-refractivity contribution in [3.05, 3.63) is 80.5 Å². The molecule has 0 atom stereocenters. The summed E-state index contributed by atoms with van der Waals surface area (Å²) in [5, 5.41) is 0.689. The van der Waals surface area contributed by atoms with Crippen molar-refractivity contribution in [3.8, 4) is 5.75 Å². The van der Waals surface area contributed by atoms with E-state index in [2.05, 4.69) is 4.98 Å². The SMILES string of the molecule is Nc1cccc(OCCN(Cc2ccccc2)c2c(Cl)c(Cl)nc(Cl)c2Cl)c1. The van der Waals surface area contributed by atoms with Gasteiger partial charge in [-0.2, -0.15) is 0 Å². The molecule has 0 spiro atoms. The third-order valence-corrected chi connectivity index (χ3v) is 5.45. The summed E-state index contributed by atoms with van der Waals surface area (Å²) in [6.07, 6.45) is 0. The van der Waals surface area contributed by atoms with Crippen molar-refractivity contribution in [1.82, 2.24) is 4.98 Å². The molecule has 0 saturated heterocycles. The molecule has 0 unspecified atom stereocenters. The summed E-state index contributed by atoms with van der Waals surface area (Å²) in [5.41, 5.74) is 8.02. The van der Waals surface area contributed by atoms with E-state index in [1.54, 1.807) is 12.1 Å². The molecule has 0 amide bonds. The van der Waals surface area contributed by atoms with Crippen LogP contribution in [-0.2, 0) is 6.54 Å². The first-order chi connectivity index (χ1) is 13.5. The lowest BCUT2D eigenvalue weighted by Gasteiger charge is -2.27. The van der Waals surface area contributed by atoms with E-state index in [0.29, 0.717) is 36.8 Å². The average Bonchev–Trinajstić information content (AvgIpc) is 2.67. The molecular weight excluding hydrogens is 440 g/mol. The molecule has 2 N–H and O–H groups in total. The van der Waals surface area contributed by atoms with E-state index in [9.17, 15) is 0 Å². The molecule has 1 heterocycles. The molecule has 1 aromatic heterocycles. The van der Waals surface area contributed by atoms with Gasteiger partial charge >= 0.3 is 0 Å². The molecule has 0 aliphatic rings. The van der Waals surface area contributed by atoms with E-state index >= 15 is 0 Å². The number of ether oxygens (including phenoxy) is 1. The van der Waals surface area contributed by atoms with E-state index in [-0.39, 0.29) is 20.4 Å². The van der Waals surface area contributed by atoms with Gasteiger partial charge in [-0.05, 0) is 17.7 Å². The van der Waals surface area contributed by atoms with Crippen molar-refractivity contribution in [2.45, 2.75) is 6.54 Å². The van der Waals surface area contributed by atoms with Gasteiger partial charge in [-0.3, -0.25) is 0 Å². The molecule has 146 valence electrons. The van der Waals surface area contributed by atoms with Crippen LogP contribution in [0.5, 0.6) is 5.75 Å². The topological polar surface area (TPSA) is 51.4 Å². The van der Waals surface area contributed by atoms with E-state index < -0.39 is 0 Å². The number of aromatic nitrogens is 1. The molecule has 3 rings (SSSR count). The Labute approximate surface area is 183 Å². The zero-order valence-electron chi connectivity index (χ0n) is 14.7. The standard InChI is InChI=1S/C20H17Cl4N3O/c21-16-18(17(22)20(24)26-19(16)23)27(12-13-5-2-1-3-6-13)9-10-28-15-8-4-7-14(25)11-15/h1-8,11H,9-10,12,25H2. The van der Waals surface area contributed by atoms with Gasteiger partial charge in [0.2, 0.25) is 0 Å². The van der Waals surface area contributed by atoms with E-state index in [1.807, 2.05) is 47.4 Å². The molecule has 3 aromatic rings. The minimum absolute atomic E-state index is 0.0980. The van der Waals surface area contributed by atoms with E-state index in [1.165, 1.54) is 0 Å². The molecule has 2 aromatic carbocycles. The number of pyridine rings is 1. The first-order valence-electron chi connectivity index (χ1n) is 8.43. The Morgan fingerprint density at radius 3 is 2.21 bits per heavy atom. The fourth-order valence-electron chi connectivity index (χ4n) is 2.71. The minimum Gasteiger partial charge on any atom is -0.492 e. The highest BCUT2D eigenvalue weighted by molar-refractivity contribution is 6.48. The number of hydrogen-bond acceptors (Lipinski definition) is 4. The second-order valence-electron chi connectivity index (χ2n) is 6.00. The van der Waals surface area contributed by atoms with Gasteiger partial charge in [0.1, 0.15) is 22.4 Å². The summed E-state index contributed by atoms with van der Waals surface area (Å²) in [4.78, 5) is 5.92. The lowest BCUT2D eigenvalue weighted by Crippen LogP contribution is -2.28. The van der Waals surface area contributed by atoms with Crippen molar-refractivity contribution >= 4 is 57.8 Å². The Balaban J connectivity index is 1.85. The lowest BCUT2D eigenvalue weighted by molar-refractivity contribution is 0.323. The molecule has 0 saturated carbocycles. The van der Waals surface area contributed by atoms with Gasteiger partial charge in [0.25, 0.3) is 0 Å². The Bertz CT molecular complexity index is 927. The molecule has 8 heteroatoms. The van der Waals surface area contributed by atoms with Gasteiger partial charge < -0.3 is 15.4 Å². The molecule has 0 radical (unpaired) electrons. The smallest absolute Gasteiger partial charge is 0.151 e. The first-order valence-corrected chi connectivity index (χ1v) is 9.94. The van der Waals surface area contributed by atoms with Gasteiger partial charge in [-0.15, -0.1) is 0 Å². The number of nitrogens with two attached hydrogens (primary N) is 1. The van der Waals surface area contributed by atoms with Gasteiger partial charge in [-0.1, -0.05) is 82.8 Å². The van der Waals surface area contributed by atoms with E-state index in [0.717, 1.165) is 5.56 Å². The number of halogens is 4.